The molecule has 1 N–H and O–H groups in total. The third-order valence-electron chi connectivity index (χ3n) is 3.46. The number of carbonyl (C=O) groups excluding carboxylic acids is 1. The normalized spacial score (nSPS) is 11.6. The summed E-state index contributed by atoms with van der Waals surface area (Å²) in [6.07, 6.45) is 0.286. The Labute approximate surface area is 147 Å². The summed E-state index contributed by atoms with van der Waals surface area (Å²) in [4.78, 5) is 12.0. The largest absolute Gasteiger partial charge is 0.494 e. The molecule has 0 bridgehead atoms. The average molecular weight is 348 g/mol. The van der Waals surface area contributed by atoms with Crippen LogP contribution in [0.4, 0.5) is 0 Å². The van der Waals surface area contributed by atoms with Crippen LogP contribution in [0.2, 0.25) is 5.02 Å². The van der Waals surface area contributed by atoms with E-state index in [-0.39, 0.29) is 18.4 Å². The molecule has 0 fully saturated rings. The molecule has 128 valence electrons. The van der Waals surface area contributed by atoms with Gasteiger partial charge in [-0.2, -0.15) is 0 Å². The second kappa shape index (κ2) is 9.18. The Bertz CT molecular complexity index is 658. The lowest BCUT2D eigenvalue weighted by atomic mass is 10.1. The maximum Gasteiger partial charge on any atom is 0.223 e. The molecule has 24 heavy (non-hydrogen) atoms. The predicted octanol–water partition coefficient (Wildman–Crippen LogP) is 4.39. The molecule has 2 aromatic rings. The lowest BCUT2D eigenvalue weighted by molar-refractivity contribution is -0.122. The molecular formula is C19H22ClNO3. The first kappa shape index (κ1) is 18.1. The lowest BCUT2D eigenvalue weighted by Gasteiger charge is -2.15. The Balaban J connectivity index is 1.76. The molecule has 0 aromatic heterocycles. The van der Waals surface area contributed by atoms with Gasteiger partial charge in [0.2, 0.25) is 5.91 Å². The fraction of sp³-hybridized carbons (Fsp3) is 0.316. The van der Waals surface area contributed by atoms with Crippen molar-refractivity contribution in [2.75, 3.05) is 13.2 Å². The monoisotopic (exact) mass is 347 g/mol. The molecule has 2 aromatic carbocycles. The summed E-state index contributed by atoms with van der Waals surface area (Å²) in [5.74, 6) is 1.43. The molecule has 0 saturated heterocycles. The molecule has 1 amide bonds. The number of hydrogen-bond donors (Lipinski definition) is 1. The fourth-order valence-corrected chi connectivity index (χ4v) is 2.42. The highest BCUT2D eigenvalue weighted by Crippen LogP contribution is 2.18. The van der Waals surface area contributed by atoms with Crippen LogP contribution in [0.1, 0.15) is 31.9 Å². The van der Waals surface area contributed by atoms with E-state index in [1.54, 1.807) is 12.1 Å². The SMILES string of the molecule is CCOc1ccc([C@H](C)NC(=O)CCOc2cccc(Cl)c2)cc1. The molecule has 0 aliphatic rings. The standard InChI is InChI=1S/C19H22ClNO3/c1-3-23-17-9-7-15(8-10-17)14(2)21-19(22)11-12-24-18-6-4-5-16(20)13-18/h4-10,13-14H,3,11-12H2,1-2H3,(H,21,22)/t14-/m0/s1. The predicted molar refractivity (Wildman–Crippen MR) is 95.7 cm³/mol. The van der Waals surface area contributed by atoms with Gasteiger partial charge in [-0.1, -0.05) is 29.8 Å². The van der Waals surface area contributed by atoms with Gasteiger partial charge in [-0.05, 0) is 49.7 Å². The van der Waals surface area contributed by atoms with E-state index in [1.165, 1.54) is 0 Å². The number of hydrogen-bond acceptors (Lipinski definition) is 3. The van der Waals surface area contributed by atoms with Gasteiger partial charge in [-0.25, -0.2) is 0 Å². The minimum atomic E-state index is -0.0700. The molecule has 0 saturated carbocycles. The van der Waals surface area contributed by atoms with Crippen molar-refractivity contribution in [1.82, 2.24) is 5.32 Å². The van der Waals surface area contributed by atoms with E-state index in [9.17, 15) is 4.79 Å². The highest BCUT2D eigenvalue weighted by atomic mass is 35.5. The van der Waals surface area contributed by atoms with Crippen LogP contribution in [0, 0.1) is 0 Å². The van der Waals surface area contributed by atoms with Crippen molar-refractivity contribution in [1.29, 1.82) is 0 Å². The zero-order chi connectivity index (χ0) is 17.4. The van der Waals surface area contributed by atoms with Crippen molar-refractivity contribution >= 4 is 17.5 Å². The number of halogens is 1. The number of rotatable bonds is 8. The van der Waals surface area contributed by atoms with Gasteiger partial charge >= 0.3 is 0 Å². The quantitative estimate of drug-likeness (QED) is 0.770. The minimum absolute atomic E-state index is 0.0570. The molecule has 0 aliphatic carbocycles. The van der Waals surface area contributed by atoms with Crippen LogP contribution in [-0.4, -0.2) is 19.1 Å². The number of nitrogens with one attached hydrogen (secondary N) is 1. The van der Waals surface area contributed by atoms with Crippen molar-refractivity contribution in [3.05, 3.63) is 59.1 Å². The van der Waals surface area contributed by atoms with Gasteiger partial charge < -0.3 is 14.8 Å². The summed E-state index contributed by atoms with van der Waals surface area (Å²) < 4.78 is 10.9. The molecule has 2 rings (SSSR count). The zero-order valence-electron chi connectivity index (χ0n) is 13.9. The third kappa shape index (κ3) is 5.78. The smallest absolute Gasteiger partial charge is 0.223 e. The van der Waals surface area contributed by atoms with Gasteiger partial charge in [0, 0.05) is 5.02 Å². The van der Waals surface area contributed by atoms with Crippen molar-refractivity contribution in [2.24, 2.45) is 0 Å². The van der Waals surface area contributed by atoms with Gasteiger partial charge in [-0.3, -0.25) is 4.79 Å². The van der Waals surface area contributed by atoms with Gasteiger partial charge in [0.05, 0.1) is 25.7 Å². The summed E-state index contributed by atoms with van der Waals surface area (Å²) in [6, 6.07) is 14.8. The number of benzene rings is 2. The number of carbonyl (C=O) groups is 1. The van der Waals surface area contributed by atoms with E-state index in [1.807, 2.05) is 50.2 Å². The van der Waals surface area contributed by atoms with E-state index in [0.29, 0.717) is 24.0 Å². The Morgan fingerprint density at radius 2 is 1.88 bits per heavy atom. The molecular weight excluding hydrogens is 326 g/mol. The van der Waals surface area contributed by atoms with Crippen LogP contribution in [0.15, 0.2) is 48.5 Å². The van der Waals surface area contributed by atoms with Crippen LogP contribution < -0.4 is 14.8 Å². The van der Waals surface area contributed by atoms with E-state index in [2.05, 4.69) is 5.32 Å². The van der Waals surface area contributed by atoms with E-state index >= 15 is 0 Å². The average Bonchev–Trinajstić information content (AvgIpc) is 2.56. The van der Waals surface area contributed by atoms with Crippen LogP contribution >= 0.6 is 11.6 Å². The van der Waals surface area contributed by atoms with Gasteiger partial charge in [0.15, 0.2) is 0 Å². The lowest BCUT2D eigenvalue weighted by Crippen LogP contribution is -2.27. The molecule has 0 radical (unpaired) electrons. The highest BCUT2D eigenvalue weighted by Gasteiger charge is 2.10. The van der Waals surface area contributed by atoms with Crippen molar-refractivity contribution in [3.63, 3.8) is 0 Å². The van der Waals surface area contributed by atoms with Crippen molar-refractivity contribution < 1.29 is 14.3 Å². The Morgan fingerprint density at radius 3 is 2.54 bits per heavy atom. The van der Waals surface area contributed by atoms with Gasteiger partial charge in [-0.15, -0.1) is 0 Å². The Hall–Kier alpha value is -2.20. The second-order valence-electron chi connectivity index (χ2n) is 5.35. The van der Waals surface area contributed by atoms with Gasteiger partial charge in [0.25, 0.3) is 0 Å². The molecule has 0 heterocycles. The Kier molecular flexibility index (Phi) is 6.94. The maximum atomic E-state index is 12.0. The van der Waals surface area contributed by atoms with E-state index < -0.39 is 0 Å². The summed E-state index contributed by atoms with van der Waals surface area (Å²) in [5.41, 5.74) is 1.03. The molecule has 5 heteroatoms. The molecule has 1 atom stereocenters. The fourth-order valence-electron chi connectivity index (χ4n) is 2.23. The van der Waals surface area contributed by atoms with Crippen LogP contribution in [0.5, 0.6) is 11.5 Å². The molecule has 0 aliphatic heterocycles. The first-order chi connectivity index (χ1) is 11.6. The maximum absolute atomic E-state index is 12.0. The zero-order valence-corrected chi connectivity index (χ0v) is 14.7. The summed E-state index contributed by atoms with van der Waals surface area (Å²) in [7, 11) is 0. The van der Waals surface area contributed by atoms with Gasteiger partial charge in [0.1, 0.15) is 11.5 Å². The van der Waals surface area contributed by atoms with Crippen molar-refractivity contribution in [2.45, 2.75) is 26.3 Å². The van der Waals surface area contributed by atoms with E-state index in [4.69, 9.17) is 21.1 Å². The topological polar surface area (TPSA) is 47.6 Å². The molecule has 4 nitrogen and oxygen atoms in total. The first-order valence-corrected chi connectivity index (χ1v) is 8.36. The van der Waals surface area contributed by atoms with Crippen LogP contribution in [-0.2, 0) is 4.79 Å². The minimum Gasteiger partial charge on any atom is -0.494 e. The number of amides is 1. The number of ether oxygens (including phenoxy) is 2. The first-order valence-electron chi connectivity index (χ1n) is 7.99. The summed E-state index contributed by atoms with van der Waals surface area (Å²) >= 11 is 5.89. The Morgan fingerprint density at radius 1 is 1.12 bits per heavy atom. The van der Waals surface area contributed by atoms with E-state index in [0.717, 1.165) is 11.3 Å². The van der Waals surface area contributed by atoms with Crippen molar-refractivity contribution in [3.8, 4) is 11.5 Å². The summed E-state index contributed by atoms with van der Waals surface area (Å²) in [5, 5.41) is 3.57. The third-order valence-corrected chi connectivity index (χ3v) is 3.70. The van der Waals surface area contributed by atoms with Crippen LogP contribution in [0.25, 0.3) is 0 Å². The molecule has 0 spiro atoms. The second-order valence-corrected chi connectivity index (χ2v) is 5.78. The molecule has 0 unspecified atom stereocenters. The van der Waals surface area contributed by atoms with Crippen LogP contribution in [0.3, 0.4) is 0 Å². The summed E-state index contributed by atoms with van der Waals surface area (Å²) in [6.45, 7) is 4.84. The highest BCUT2D eigenvalue weighted by molar-refractivity contribution is 6.30.